The molecular weight excluding hydrogens is 344 g/mol. The van der Waals surface area contributed by atoms with Crippen molar-refractivity contribution < 1.29 is 4.74 Å². The summed E-state index contributed by atoms with van der Waals surface area (Å²) >= 11 is 0. The van der Waals surface area contributed by atoms with Crippen LogP contribution in [0.1, 0.15) is 37.7 Å². The zero-order valence-corrected chi connectivity index (χ0v) is 15.6. The summed E-state index contributed by atoms with van der Waals surface area (Å²) in [5.74, 6) is 1.70. The molecule has 1 saturated carbocycles. The van der Waals surface area contributed by atoms with E-state index in [0.717, 1.165) is 50.6 Å². The predicted octanol–water partition coefficient (Wildman–Crippen LogP) is 1.79. The second-order valence-corrected chi connectivity index (χ2v) is 7.05. The fraction of sp³-hybridized carbons (Fsp3) is 0.500. The van der Waals surface area contributed by atoms with Gasteiger partial charge in [0.25, 0.3) is 5.56 Å². The van der Waals surface area contributed by atoms with Gasteiger partial charge < -0.3 is 9.30 Å². The van der Waals surface area contributed by atoms with Crippen LogP contribution in [-0.2, 0) is 13.1 Å². The number of H-pyrrole nitrogens is 1. The predicted molar refractivity (Wildman–Crippen MR) is 105 cm³/mol. The van der Waals surface area contributed by atoms with Gasteiger partial charge >= 0.3 is 5.69 Å². The molecule has 3 N–H and O–H groups in total. The second kappa shape index (κ2) is 10.1. The Morgan fingerprint density at radius 2 is 2.00 bits per heavy atom. The number of hydrazine groups is 1. The molecule has 0 unspecified atom stereocenters. The summed E-state index contributed by atoms with van der Waals surface area (Å²) in [6.45, 7) is 3.06. The lowest BCUT2D eigenvalue weighted by Crippen LogP contribution is -2.32. The molecule has 1 aromatic carbocycles. The second-order valence-electron chi connectivity index (χ2n) is 7.05. The van der Waals surface area contributed by atoms with Gasteiger partial charge in [0, 0.05) is 31.9 Å². The molecule has 7 nitrogen and oxygen atoms in total. The van der Waals surface area contributed by atoms with E-state index in [0.29, 0.717) is 6.54 Å². The van der Waals surface area contributed by atoms with Crippen LogP contribution in [0.2, 0.25) is 0 Å². The van der Waals surface area contributed by atoms with Crippen LogP contribution in [0.3, 0.4) is 0 Å². The number of nitrogens with one attached hydrogen (secondary N) is 3. The molecule has 1 heterocycles. The average molecular weight is 372 g/mol. The van der Waals surface area contributed by atoms with Crippen LogP contribution >= 0.6 is 0 Å². The number of aromatic nitrogens is 2. The molecule has 0 radical (unpaired) electrons. The average Bonchev–Trinajstić information content (AvgIpc) is 3.48. The Hall–Kier alpha value is -2.38. The number of unbranched alkanes of at least 4 members (excludes halogenated alkanes) is 2. The molecule has 1 fully saturated rings. The Morgan fingerprint density at radius 3 is 2.81 bits per heavy atom. The van der Waals surface area contributed by atoms with E-state index in [1.54, 1.807) is 6.20 Å². The van der Waals surface area contributed by atoms with E-state index in [4.69, 9.17) is 4.74 Å². The zero-order valence-electron chi connectivity index (χ0n) is 15.6. The van der Waals surface area contributed by atoms with Gasteiger partial charge in [-0.1, -0.05) is 18.6 Å². The topological polar surface area (TPSA) is 88.2 Å². The number of ether oxygens (including phenoxy) is 1. The molecule has 0 aliphatic heterocycles. The van der Waals surface area contributed by atoms with E-state index in [1.807, 2.05) is 12.1 Å². The fourth-order valence-corrected chi connectivity index (χ4v) is 2.79. The highest BCUT2D eigenvalue weighted by molar-refractivity contribution is 5.28. The van der Waals surface area contributed by atoms with E-state index >= 15 is 0 Å². The molecule has 3 rings (SSSR count). The molecular formula is C20H28N4O3. The van der Waals surface area contributed by atoms with Crippen molar-refractivity contribution in [2.24, 2.45) is 5.92 Å². The monoisotopic (exact) mass is 372 g/mol. The summed E-state index contributed by atoms with van der Waals surface area (Å²) in [6, 6.07) is 9.57. The lowest BCUT2D eigenvalue weighted by Gasteiger charge is -2.10. The molecule has 0 saturated heterocycles. The minimum Gasteiger partial charge on any atom is -0.493 e. The first-order valence-electron chi connectivity index (χ1n) is 9.68. The van der Waals surface area contributed by atoms with Gasteiger partial charge in [-0.25, -0.2) is 4.79 Å². The number of hydrogen-bond acceptors (Lipinski definition) is 5. The number of rotatable bonds is 12. The van der Waals surface area contributed by atoms with Crippen LogP contribution in [0.25, 0.3) is 0 Å². The SMILES string of the molecule is O=c1ccn(CCCCCNNCc2cccc(OCC3CC3)c2)c(=O)[nH]1. The molecule has 0 spiro atoms. The van der Waals surface area contributed by atoms with E-state index in [1.165, 1.54) is 29.0 Å². The van der Waals surface area contributed by atoms with Crippen molar-refractivity contribution in [2.75, 3.05) is 13.2 Å². The van der Waals surface area contributed by atoms with Crippen LogP contribution in [-0.4, -0.2) is 22.7 Å². The Bertz CT molecular complexity index is 826. The minimum absolute atomic E-state index is 0.342. The summed E-state index contributed by atoms with van der Waals surface area (Å²) in [5.41, 5.74) is 6.94. The van der Waals surface area contributed by atoms with Gasteiger partial charge in [0.05, 0.1) is 6.61 Å². The lowest BCUT2D eigenvalue weighted by molar-refractivity contribution is 0.299. The molecule has 0 atom stereocenters. The van der Waals surface area contributed by atoms with Crippen molar-refractivity contribution in [1.82, 2.24) is 20.4 Å². The molecule has 7 heteroatoms. The van der Waals surface area contributed by atoms with Crippen molar-refractivity contribution in [2.45, 2.75) is 45.2 Å². The summed E-state index contributed by atoms with van der Waals surface area (Å²) in [4.78, 5) is 24.8. The minimum atomic E-state index is -0.355. The first kappa shape index (κ1) is 19.4. The Labute approximate surface area is 158 Å². The molecule has 1 aliphatic rings. The maximum atomic E-state index is 11.6. The maximum absolute atomic E-state index is 11.6. The third kappa shape index (κ3) is 7.03. The molecule has 1 aromatic heterocycles. The highest BCUT2D eigenvalue weighted by Gasteiger charge is 2.21. The Morgan fingerprint density at radius 1 is 1.11 bits per heavy atom. The lowest BCUT2D eigenvalue weighted by atomic mass is 10.2. The number of aryl methyl sites for hydroxylation is 1. The van der Waals surface area contributed by atoms with Gasteiger partial charge in [-0.15, -0.1) is 0 Å². The maximum Gasteiger partial charge on any atom is 0.328 e. The smallest absolute Gasteiger partial charge is 0.328 e. The van der Waals surface area contributed by atoms with Crippen LogP contribution in [0, 0.1) is 5.92 Å². The van der Waals surface area contributed by atoms with E-state index in [2.05, 4.69) is 28.0 Å². The van der Waals surface area contributed by atoms with Crippen molar-refractivity contribution >= 4 is 0 Å². The van der Waals surface area contributed by atoms with Crippen molar-refractivity contribution in [3.63, 3.8) is 0 Å². The summed E-state index contributed by atoms with van der Waals surface area (Å²) in [7, 11) is 0. The molecule has 27 heavy (non-hydrogen) atoms. The zero-order chi connectivity index (χ0) is 18.9. The normalized spacial score (nSPS) is 13.6. The first-order chi connectivity index (χ1) is 13.2. The van der Waals surface area contributed by atoms with Crippen LogP contribution in [0.15, 0.2) is 46.1 Å². The van der Waals surface area contributed by atoms with Crippen molar-refractivity contribution in [1.29, 1.82) is 0 Å². The Kier molecular flexibility index (Phi) is 7.24. The van der Waals surface area contributed by atoms with Gasteiger partial charge in [-0.05, 0) is 49.3 Å². The fourth-order valence-electron chi connectivity index (χ4n) is 2.79. The summed E-state index contributed by atoms with van der Waals surface area (Å²) in [5, 5.41) is 0. The van der Waals surface area contributed by atoms with Crippen LogP contribution < -0.4 is 26.8 Å². The van der Waals surface area contributed by atoms with Gasteiger partial charge in [-0.3, -0.25) is 20.6 Å². The summed E-state index contributed by atoms with van der Waals surface area (Å²) in [6.07, 6.45) is 7.05. The van der Waals surface area contributed by atoms with Crippen LogP contribution in [0.5, 0.6) is 5.75 Å². The first-order valence-corrected chi connectivity index (χ1v) is 9.68. The number of nitrogens with zero attached hydrogens (tertiary/aromatic N) is 1. The number of hydrogen-bond donors (Lipinski definition) is 3. The molecule has 1 aliphatic carbocycles. The number of benzene rings is 1. The third-order valence-corrected chi connectivity index (χ3v) is 4.60. The van der Waals surface area contributed by atoms with Gasteiger partial charge in [0.1, 0.15) is 5.75 Å². The van der Waals surface area contributed by atoms with Crippen molar-refractivity contribution in [3.8, 4) is 5.75 Å². The number of aromatic amines is 1. The van der Waals surface area contributed by atoms with Crippen LogP contribution in [0.4, 0.5) is 0 Å². The largest absolute Gasteiger partial charge is 0.493 e. The standard InChI is InChI=1S/C20H28N4O3/c25-19-9-12-24(20(26)23-19)11-3-1-2-10-21-22-14-17-5-4-6-18(13-17)27-15-16-7-8-16/h4-6,9,12-13,16,21-22H,1-3,7-8,10-11,14-15H2,(H,23,25,26). The quantitative estimate of drug-likeness (QED) is 0.391. The van der Waals surface area contributed by atoms with Crippen molar-refractivity contribution in [3.05, 3.63) is 62.9 Å². The third-order valence-electron chi connectivity index (χ3n) is 4.60. The molecule has 2 aromatic rings. The van der Waals surface area contributed by atoms with E-state index < -0.39 is 0 Å². The molecule has 0 bridgehead atoms. The van der Waals surface area contributed by atoms with Gasteiger partial charge in [0.15, 0.2) is 0 Å². The Balaban J connectivity index is 1.24. The van der Waals surface area contributed by atoms with E-state index in [-0.39, 0.29) is 11.2 Å². The van der Waals surface area contributed by atoms with Gasteiger partial charge in [-0.2, -0.15) is 0 Å². The molecule has 0 amide bonds. The highest BCUT2D eigenvalue weighted by Crippen LogP contribution is 2.29. The summed E-state index contributed by atoms with van der Waals surface area (Å²) < 4.78 is 7.33. The molecule has 146 valence electrons. The van der Waals surface area contributed by atoms with E-state index in [9.17, 15) is 9.59 Å². The van der Waals surface area contributed by atoms with Gasteiger partial charge in [0.2, 0.25) is 0 Å². The highest BCUT2D eigenvalue weighted by atomic mass is 16.5.